The number of aryl methyl sites for hydroxylation is 1. The molecule has 140 valence electrons. The number of thiocarbonyl (C=S) groups is 1. The smallest absolute Gasteiger partial charge is 0.267 e. The number of nitrogens with one attached hydrogen (secondary N) is 3. The zero-order valence-corrected chi connectivity index (χ0v) is 16.4. The summed E-state index contributed by atoms with van der Waals surface area (Å²) >= 11 is 6.40. The first-order chi connectivity index (χ1) is 12.8. The Morgan fingerprint density at radius 2 is 1.96 bits per heavy atom. The first-order valence-electron chi connectivity index (χ1n) is 7.55. The third-order valence-electron chi connectivity index (χ3n) is 3.26. The molecule has 1 aromatic carbocycles. The van der Waals surface area contributed by atoms with E-state index in [0.29, 0.717) is 16.3 Å². The summed E-state index contributed by atoms with van der Waals surface area (Å²) in [6.45, 7) is 1.66. The number of rotatable bonds is 5. The molecule has 3 rings (SSSR count). The molecular formula is C16H14N4O4S3. The van der Waals surface area contributed by atoms with E-state index in [0.717, 1.165) is 0 Å². The minimum Gasteiger partial charge on any atom is -0.360 e. The number of aromatic nitrogens is 1. The molecule has 0 saturated carbocycles. The lowest BCUT2D eigenvalue weighted by Crippen LogP contribution is -2.33. The molecule has 3 aromatic rings. The Morgan fingerprint density at radius 3 is 2.56 bits per heavy atom. The quantitative estimate of drug-likeness (QED) is 0.542. The van der Waals surface area contributed by atoms with Crippen LogP contribution in [0, 0.1) is 6.92 Å². The van der Waals surface area contributed by atoms with Gasteiger partial charge in [-0.25, -0.2) is 8.42 Å². The molecule has 0 fully saturated rings. The zero-order valence-electron chi connectivity index (χ0n) is 13.9. The molecule has 1 amide bonds. The van der Waals surface area contributed by atoms with Crippen molar-refractivity contribution in [1.29, 1.82) is 0 Å². The second-order valence-corrected chi connectivity index (χ2v) is 8.38. The van der Waals surface area contributed by atoms with Crippen LogP contribution in [0.25, 0.3) is 0 Å². The molecule has 11 heteroatoms. The number of carbonyl (C=O) groups excluding carboxylic acids is 1. The summed E-state index contributed by atoms with van der Waals surface area (Å²) in [5.74, 6) is 0.284. The Morgan fingerprint density at radius 1 is 1.22 bits per heavy atom. The lowest BCUT2D eigenvalue weighted by atomic mass is 10.3. The van der Waals surface area contributed by atoms with Crippen molar-refractivity contribution in [2.24, 2.45) is 0 Å². The molecule has 0 spiro atoms. The molecule has 0 aliphatic carbocycles. The van der Waals surface area contributed by atoms with Crippen LogP contribution in [-0.4, -0.2) is 24.6 Å². The van der Waals surface area contributed by atoms with Crippen LogP contribution in [0.3, 0.4) is 0 Å². The van der Waals surface area contributed by atoms with Gasteiger partial charge < -0.3 is 9.84 Å². The highest BCUT2D eigenvalue weighted by Crippen LogP contribution is 2.18. The van der Waals surface area contributed by atoms with E-state index >= 15 is 0 Å². The van der Waals surface area contributed by atoms with E-state index in [9.17, 15) is 13.2 Å². The molecule has 8 nitrogen and oxygen atoms in total. The van der Waals surface area contributed by atoms with E-state index in [2.05, 4.69) is 20.5 Å². The van der Waals surface area contributed by atoms with Gasteiger partial charge in [-0.1, -0.05) is 11.2 Å². The predicted octanol–water partition coefficient (Wildman–Crippen LogP) is 2.97. The molecule has 0 bridgehead atoms. The second-order valence-electron chi connectivity index (χ2n) is 5.34. The summed E-state index contributed by atoms with van der Waals surface area (Å²) in [4.78, 5) is 12.5. The molecule has 2 aromatic heterocycles. The number of anilines is 2. The summed E-state index contributed by atoms with van der Waals surface area (Å²) in [7, 11) is -3.80. The fraction of sp³-hybridized carbons (Fsp3) is 0.0625. The molecule has 3 N–H and O–H groups in total. The molecule has 0 atom stereocenters. The number of hydrogen-bond donors (Lipinski definition) is 3. The van der Waals surface area contributed by atoms with Crippen molar-refractivity contribution in [3.05, 3.63) is 58.5 Å². The Bertz CT molecular complexity index is 1060. The maximum absolute atomic E-state index is 12.3. The maximum Gasteiger partial charge on any atom is 0.267 e. The first kappa shape index (κ1) is 19.0. The Hall–Kier alpha value is -2.76. The number of carbonyl (C=O) groups is 1. The molecule has 27 heavy (non-hydrogen) atoms. The fourth-order valence-electron chi connectivity index (χ4n) is 2.06. The molecule has 0 unspecified atom stereocenters. The van der Waals surface area contributed by atoms with Crippen LogP contribution in [0.1, 0.15) is 15.4 Å². The van der Waals surface area contributed by atoms with E-state index in [4.69, 9.17) is 16.7 Å². The molecule has 0 saturated heterocycles. The van der Waals surface area contributed by atoms with Crippen LogP contribution >= 0.6 is 23.6 Å². The number of hydrogen-bond acceptors (Lipinski definition) is 7. The molecular weight excluding hydrogens is 408 g/mol. The van der Waals surface area contributed by atoms with E-state index in [-0.39, 0.29) is 21.7 Å². The highest BCUT2D eigenvalue weighted by molar-refractivity contribution is 7.92. The van der Waals surface area contributed by atoms with Gasteiger partial charge in [-0.15, -0.1) is 11.3 Å². The van der Waals surface area contributed by atoms with Gasteiger partial charge in [0.2, 0.25) is 0 Å². The van der Waals surface area contributed by atoms with Gasteiger partial charge in [0.1, 0.15) is 5.76 Å². The lowest BCUT2D eigenvalue weighted by molar-refractivity contribution is 0.0981. The topological polar surface area (TPSA) is 113 Å². The number of sulfonamides is 1. The number of benzene rings is 1. The number of amides is 1. The monoisotopic (exact) mass is 422 g/mol. The highest BCUT2D eigenvalue weighted by Gasteiger charge is 2.16. The largest absolute Gasteiger partial charge is 0.360 e. The Labute approximate surface area is 164 Å². The third-order valence-corrected chi connectivity index (χ3v) is 5.70. The van der Waals surface area contributed by atoms with Gasteiger partial charge in [-0.2, -0.15) is 0 Å². The average molecular weight is 423 g/mol. The van der Waals surface area contributed by atoms with Gasteiger partial charge in [0.15, 0.2) is 10.9 Å². The minimum atomic E-state index is -3.80. The van der Waals surface area contributed by atoms with Crippen molar-refractivity contribution in [1.82, 2.24) is 10.5 Å². The van der Waals surface area contributed by atoms with Crippen LogP contribution in [-0.2, 0) is 10.0 Å². The molecule has 0 radical (unpaired) electrons. The third kappa shape index (κ3) is 4.90. The van der Waals surface area contributed by atoms with Crippen molar-refractivity contribution in [3.63, 3.8) is 0 Å². The van der Waals surface area contributed by atoms with Gasteiger partial charge in [-0.3, -0.25) is 14.8 Å². The number of thiophene rings is 1. The Kier molecular flexibility index (Phi) is 5.54. The molecule has 0 aliphatic rings. The van der Waals surface area contributed by atoms with Crippen LogP contribution in [0.15, 0.2) is 57.3 Å². The SMILES string of the molecule is Cc1cc(NS(=O)(=O)c2ccc(NC(=S)NC(=O)c3cccs3)cc2)no1. The minimum absolute atomic E-state index is 0.0437. The summed E-state index contributed by atoms with van der Waals surface area (Å²) in [6, 6.07) is 10.8. The second kappa shape index (κ2) is 7.86. The summed E-state index contributed by atoms with van der Waals surface area (Å²) < 4.78 is 31.8. The fourth-order valence-corrected chi connectivity index (χ4v) is 3.88. The lowest BCUT2D eigenvalue weighted by Gasteiger charge is -2.10. The van der Waals surface area contributed by atoms with Gasteiger partial charge in [-0.05, 0) is 54.9 Å². The van der Waals surface area contributed by atoms with Gasteiger partial charge in [0.25, 0.3) is 15.9 Å². The van der Waals surface area contributed by atoms with Gasteiger partial charge in [0, 0.05) is 11.8 Å². The van der Waals surface area contributed by atoms with Crippen molar-refractivity contribution in [2.75, 3.05) is 10.0 Å². The van der Waals surface area contributed by atoms with Crippen molar-refractivity contribution < 1.29 is 17.7 Å². The summed E-state index contributed by atoms with van der Waals surface area (Å²) in [5.41, 5.74) is 0.530. The zero-order chi connectivity index (χ0) is 19.4. The van der Waals surface area contributed by atoms with Crippen LogP contribution in [0.2, 0.25) is 0 Å². The average Bonchev–Trinajstić information content (AvgIpc) is 3.27. The first-order valence-corrected chi connectivity index (χ1v) is 10.3. The van der Waals surface area contributed by atoms with Crippen LogP contribution < -0.4 is 15.4 Å². The molecule has 2 heterocycles. The van der Waals surface area contributed by atoms with Gasteiger partial charge >= 0.3 is 0 Å². The van der Waals surface area contributed by atoms with Gasteiger partial charge in [0.05, 0.1) is 9.77 Å². The van der Waals surface area contributed by atoms with Crippen LogP contribution in [0.5, 0.6) is 0 Å². The normalized spacial score (nSPS) is 11.0. The summed E-state index contributed by atoms with van der Waals surface area (Å²) in [5, 5.41) is 10.9. The van der Waals surface area contributed by atoms with E-state index in [1.165, 1.54) is 41.7 Å². The van der Waals surface area contributed by atoms with E-state index in [1.54, 1.807) is 24.4 Å². The Balaban J connectivity index is 1.62. The van der Waals surface area contributed by atoms with Crippen LogP contribution in [0.4, 0.5) is 11.5 Å². The predicted molar refractivity (Wildman–Crippen MR) is 106 cm³/mol. The van der Waals surface area contributed by atoms with E-state index < -0.39 is 10.0 Å². The maximum atomic E-state index is 12.3. The van der Waals surface area contributed by atoms with Crippen molar-refractivity contribution >= 4 is 56.1 Å². The number of nitrogens with zero attached hydrogens (tertiary/aromatic N) is 1. The highest BCUT2D eigenvalue weighted by atomic mass is 32.2. The standard InChI is InChI=1S/C16H14N4O4S3/c1-10-9-14(19-24-10)20-27(22,23)12-6-4-11(5-7-12)17-16(25)18-15(21)13-3-2-8-26-13/h2-9H,1H3,(H,19,20)(H2,17,18,21,25). The van der Waals surface area contributed by atoms with Crippen molar-refractivity contribution in [3.8, 4) is 0 Å². The molecule has 0 aliphatic heterocycles. The summed E-state index contributed by atoms with van der Waals surface area (Å²) in [6.07, 6.45) is 0. The van der Waals surface area contributed by atoms with E-state index in [1.807, 2.05) is 0 Å². The van der Waals surface area contributed by atoms with Crippen molar-refractivity contribution in [2.45, 2.75) is 11.8 Å².